The van der Waals surface area contributed by atoms with E-state index in [4.69, 9.17) is 10.5 Å². The molecule has 0 amide bonds. The summed E-state index contributed by atoms with van der Waals surface area (Å²) in [5.74, 6) is 1.33. The lowest BCUT2D eigenvalue weighted by molar-refractivity contribution is 0.460. The summed E-state index contributed by atoms with van der Waals surface area (Å²) in [5.41, 5.74) is 8.45. The average molecular weight is 276 g/mol. The van der Waals surface area contributed by atoms with Crippen LogP contribution in [0.3, 0.4) is 0 Å². The minimum absolute atomic E-state index is 0.573. The Balaban J connectivity index is 1.96. The largest absolute Gasteiger partial charge is 0.439 e. The lowest BCUT2D eigenvalue weighted by atomic mass is 10.1. The Morgan fingerprint density at radius 1 is 1.10 bits per heavy atom. The second kappa shape index (κ2) is 5.67. The van der Waals surface area contributed by atoms with Crippen molar-refractivity contribution in [2.24, 2.45) is 0 Å². The number of hydrogen-bond acceptors (Lipinski definition) is 3. The molecule has 0 unspecified atom stereocenters. The summed E-state index contributed by atoms with van der Waals surface area (Å²) in [6.07, 6.45) is 2.53. The smallest absolute Gasteiger partial charge is 0.219 e. The van der Waals surface area contributed by atoms with Gasteiger partial charge in [0.15, 0.2) is 0 Å². The maximum Gasteiger partial charge on any atom is 0.219 e. The molecule has 21 heavy (non-hydrogen) atoms. The first-order chi connectivity index (χ1) is 10.3. The third kappa shape index (κ3) is 2.87. The fourth-order valence-electron chi connectivity index (χ4n) is 2.23. The van der Waals surface area contributed by atoms with E-state index in [1.807, 2.05) is 60.7 Å². The second-order valence-electron chi connectivity index (χ2n) is 4.80. The zero-order chi connectivity index (χ0) is 14.7. The highest BCUT2D eigenvalue weighted by Gasteiger charge is 2.06. The molecular weight excluding hydrogens is 260 g/mol. The summed E-state index contributed by atoms with van der Waals surface area (Å²) >= 11 is 0. The van der Waals surface area contributed by atoms with Crippen molar-refractivity contribution in [2.75, 3.05) is 5.73 Å². The molecule has 0 saturated heterocycles. The first kappa shape index (κ1) is 13.2. The van der Waals surface area contributed by atoms with Gasteiger partial charge in [-0.3, -0.25) is 0 Å². The number of aromatic nitrogens is 1. The fraction of sp³-hybridized carbons (Fsp3) is 0.0556. The molecule has 0 aliphatic carbocycles. The standard InChI is InChI=1S/C18H16N2O/c1-2-5-14-12-15(19)9-10-17(14)21-18-11-8-13-6-3-4-7-16(13)20-18/h2-4,6-12H,1,5,19H2. The molecule has 104 valence electrons. The van der Waals surface area contributed by atoms with Crippen LogP contribution in [-0.4, -0.2) is 4.98 Å². The van der Waals surface area contributed by atoms with E-state index in [9.17, 15) is 0 Å². The van der Waals surface area contributed by atoms with E-state index in [1.54, 1.807) is 0 Å². The molecule has 0 atom stereocenters. The van der Waals surface area contributed by atoms with E-state index < -0.39 is 0 Å². The number of anilines is 1. The van der Waals surface area contributed by atoms with Crippen molar-refractivity contribution in [1.82, 2.24) is 4.98 Å². The Morgan fingerprint density at radius 2 is 1.95 bits per heavy atom. The van der Waals surface area contributed by atoms with Crippen molar-refractivity contribution in [3.63, 3.8) is 0 Å². The molecule has 3 aromatic rings. The van der Waals surface area contributed by atoms with Crippen molar-refractivity contribution in [3.05, 3.63) is 72.8 Å². The molecule has 0 aliphatic rings. The third-order valence-electron chi connectivity index (χ3n) is 3.24. The molecule has 0 bridgehead atoms. The van der Waals surface area contributed by atoms with Gasteiger partial charge in [-0.1, -0.05) is 24.3 Å². The van der Waals surface area contributed by atoms with Crippen molar-refractivity contribution < 1.29 is 4.74 Å². The van der Waals surface area contributed by atoms with E-state index in [-0.39, 0.29) is 0 Å². The van der Waals surface area contributed by atoms with Crippen LogP contribution < -0.4 is 10.5 Å². The molecule has 0 radical (unpaired) electrons. The van der Waals surface area contributed by atoms with Gasteiger partial charge in [0.05, 0.1) is 5.52 Å². The van der Waals surface area contributed by atoms with Crippen molar-refractivity contribution in [3.8, 4) is 11.6 Å². The summed E-state index contributed by atoms with van der Waals surface area (Å²) in [5, 5.41) is 1.09. The van der Waals surface area contributed by atoms with Crippen LogP contribution in [0.4, 0.5) is 5.69 Å². The molecule has 0 aliphatic heterocycles. The van der Waals surface area contributed by atoms with E-state index in [0.29, 0.717) is 18.0 Å². The number of pyridine rings is 1. The van der Waals surface area contributed by atoms with Gasteiger partial charge in [0.25, 0.3) is 0 Å². The highest BCUT2D eigenvalue weighted by Crippen LogP contribution is 2.27. The van der Waals surface area contributed by atoms with Crippen molar-refractivity contribution >= 4 is 16.6 Å². The van der Waals surface area contributed by atoms with Gasteiger partial charge >= 0.3 is 0 Å². The van der Waals surface area contributed by atoms with E-state index in [2.05, 4.69) is 11.6 Å². The molecule has 0 fully saturated rings. The molecule has 3 rings (SSSR count). The Labute approximate surface area is 123 Å². The topological polar surface area (TPSA) is 48.1 Å². The SMILES string of the molecule is C=CCc1cc(N)ccc1Oc1ccc2ccccc2n1. The first-order valence-electron chi connectivity index (χ1n) is 6.79. The van der Waals surface area contributed by atoms with E-state index in [0.717, 1.165) is 22.2 Å². The number of hydrogen-bond donors (Lipinski definition) is 1. The maximum absolute atomic E-state index is 5.91. The van der Waals surface area contributed by atoms with Crippen LogP contribution in [0.2, 0.25) is 0 Å². The molecule has 3 heteroatoms. The summed E-state index contributed by atoms with van der Waals surface area (Å²) in [6, 6.07) is 17.4. The Morgan fingerprint density at radius 3 is 2.81 bits per heavy atom. The number of para-hydroxylation sites is 1. The summed E-state index contributed by atoms with van der Waals surface area (Å²) < 4.78 is 5.91. The minimum Gasteiger partial charge on any atom is -0.439 e. The van der Waals surface area contributed by atoms with Gasteiger partial charge in [-0.05, 0) is 36.8 Å². The van der Waals surface area contributed by atoms with Crippen LogP contribution in [0, 0.1) is 0 Å². The molecule has 2 aromatic carbocycles. The van der Waals surface area contributed by atoms with Crippen molar-refractivity contribution in [2.45, 2.75) is 6.42 Å². The number of nitrogens with zero attached hydrogens (tertiary/aromatic N) is 1. The highest BCUT2D eigenvalue weighted by atomic mass is 16.5. The molecule has 3 nitrogen and oxygen atoms in total. The summed E-state index contributed by atoms with van der Waals surface area (Å²) in [6.45, 7) is 3.76. The van der Waals surface area contributed by atoms with Crippen molar-refractivity contribution in [1.29, 1.82) is 0 Å². The molecule has 0 spiro atoms. The highest BCUT2D eigenvalue weighted by molar-refractivity contribution is 5.78. The number of nitrogen functional groups attached to an aromatic ring is 1. The van der Waals surface area contributed by atoms with Gasteiger partial charge in [0.1, 0.15) is 5.75 Å². The van der Waals surface area contributed by atoms with Gasteiger partial charge in [-0.25, -0.2) is 4.98 Å². The fourth-order valence-corrected chi connectivity index (χ4v) is 2.23. The molecule has 0 saturated carbocycles. The number of allylic oxidation sites excluding steroid dienone is 1. The second-order valence-corrected chi connectivity index (χ2v) is 4.80. The molecule has 1 aromatic heterocycles. The Bertz CT molecular complexity index is 796. The molecule has 2 N–H and O–H groups in total. The van der Waals surface area contributed by atoms with Gasteiger partial charge in [0, 0.05) is 22.7 Å². The summed E-state index contributed by atoms with van der Waals surface area (Å²) in [4.78, 5) is 4.51. The lowest BCUT2D eigenvalue weighted by Crippen LogP contribution is -1.95. The van der Waals surface area contributed by atoms with Crippen LogP contribution in [0.25, 0.3) is 10.9 Å². The van der Waals surface area contributed by atoms with Gasteiger partial charge in [-0.15, -0.1) is 6.58 Å². The van der Waals surface area contributed by atoms with E-state index in [1.165, 1.54) is 0 Å². The maximum atomic E-state index is 5.91. The van der Waals surface area contributed by atoms with Crippen LogP contribution >= 0.6 is 0 Å². The first-order valence-corrected chi connectivity index (χ1v) is 6.79. The minimum atomic E-state index is 0.573. The summed E-state index contributed by atoms with van der Waals surface area (Å²) in [7, 11) is 0. The Kier molecular flexibility index (Phi) is 3.56. The average Bonchev–Trinajstić information content (AvgIpc) is 2.50. The normalized spacial score (nSPS) is 10.5. The van der Waals surface area contributed by atoms with Gasteiger partial charge in [-0.2, -0.15) is 0 Å². The van der Waals surface area contributed by atoms with Crippen LogP contribution in [0.1, 0.15) is 5.56 Å². The number of fused-ring (bicyclic) bond motifs is 1. The van der Waals surface area contributed by atoms with Gasteiger partial charge < -0.3 is 10.5 Å². The number of nitrogens with two attached hydrogens (primary N) is 1. The van der Waals surface area contributed by atoms with Crippen LogP contribution in [-0.2, 0) is 6.42 Å². The van der Waals surface area contributed by atoms with E-state index >= 15 is 0 Å². The molecule has 1 heterocycles. The lowest BCUT2D eigenvalue weighted by Gasteiger charge is -2.10. The monoisotopic (exact) mass is 276 g/mol. The predicted molar refractivity (Wildman–Crippen MR) is 86.6 cm³/mol. The quantitative estimate of drug-likeness (QED) is 0.569. The zero-order valence-corrected chi connectivity index (χ0v) is 11.6. The van der Waals surface area contributed by atoms with Gasteiger partial charge in [0.2, 0.25) is 5.88 Å². The number of rotatable bonds is 4. The Hall–Kier alpha value is -2.81. The number of ether oxygens (including phenoxy) is 1. The van der Waals surface area contributed by atoms with Crippen LogP contribution in [0.5, 0.6) is 11.6 Å². The number of benzene rings is 2. The van der Waals surface area contributed by atoms with Crippen LogP contribution in [0.15, 0.2) is 67.3 Å². The third-order valence-corrected chi connectivity index (χ3v) is 3.24. The predicted octanol–water partition coefficient (Wildman–Crippen LogP) is 4.34. The zero-order valence-electron chi connectivity index (χ0n) is 11.6. The molecular formula is C18H16N2O.